The van der Waals surface area contributed by atoms with Gasteiger partial charge in [0, 0.05) is 5.69 Å². The van der Waals surface area contributed by atoms with E-state index in [1.807, 2.05) is 0 Å². The number of furan rings is 1. The first kappa shape index (κ1) is 16.0. The molecule has 0 saturated carbocycles. The molecule has 0 unspecified atom stereocenters. The van der Waals surface area contributed by atoms with Crippen LogP contribution in [0, 0.1) is 0 Å². The Bertz CT molecular complexity index is 681. The Morgan fingerprint density at radius 2 is 2.00 bits per heavy atom. The molecule has 1 aromatic heterocycles. The minimum Gasteiger partial charge on any atom is -0.463 e. The lowest BCUT2D eigenvalue weighted by molar-refractivity contribution is -0.137. The van der Waals surface area contributed by atoms with Crippen LogP contribution < -0.4 is 10.7 Å². The molecule has 0 amide bonds. The van der Waals surface area contributed by atoms with Crippen molar-refractivity contribution in [3.05, 3.63) is 54.0 Å². The minimum atomic E-state index is -4.40. The summed E-state index contributed by atoms with van der Waals surface area (Å²) in [5, 5.41) is 6.69. The Kier molecular flexibility index (Phi) is 4.81. The molecule has 0 spiro atoms. The van der Waals surface area contributed by atoms with Crippen LogP contribution in [0.1, 0.15) is 18.2 Å². The smallest absolute Gasteiger partial charge is 0.416 e. The summed E-state index contributed by atoms with van der Waals surface area (Å²) in [5.74, 6) is 0.564. The number of hydrogen-bond donors (Lipinski definition) is 2. The number of halogens is 3. The van der Waals surface area contributed by atoms with Crippen molar-refractivity contribution in [2.75, 3.05) is 5.32 Å². The Hall–Kier alpha value is -2.35. The lowest BCUT2D eigenvalue weighted by Crippen LogP contribution is -2.25. The number of benzene rings is 1. The van der Waals surface area contributed by atoms with Crippen LogP contribution in [0.4, 0.5) is 18.9 Å². The average molecular weight is 327 g/mol. The number of thiocarbonyl (C=S) groups is 1. The van der Waals surface area contributed by atoms with Crippen LogP contribution in [0.25, 0.3) is 0 Å². The highest BCUT2D eigenvalue weighted by Gasteiger charge is 2.30. The van der Waals surface area contributed by atoms with Gasteiger partial charge in [-0.05, 0) is 49.5 Å². The molecule has 8 heteroatoms. The van der Waals surface area contributed by atoms with Crippen molar-refractivity contribution >= 4 is 28.7 Å². The Balaban J connectivity index is 1.99. The van der Waals surface area contributed by atoms with Crippen molar-refractivity contribution in [2.24, 2.45) is 5.10 Å². The van der Waals surface area contributed by atoms with Gasteiger partial charge in [-0.1, -0.05) is 6.07 Å². The van der Waals surface area contributed by atoms with E-state index in [9.17, 15) is 13.2 Å². The number of hydrogen-bond acceptors (Lipinski definition) is 3. The number of nitrogens with one attached hydrogen (secondary N) is 2. The first-order chi connectivity index (χ1) is 10.4. The predicted molar refractivity (Wildman–Crippen MR) is 81.7 cm³/mol. The van der Waals surface area contributed by atoms with Gasteiger partial charge in [0.15, 0.2) is 5.11 Å². The van der Waals surface area contributed by atoms with Crippen LogP contribution in [0.5, 0.6) is 0 Å². The zero-order valence-electron chi connectivity index (χ0n) is 11.4. The molecule has 0 fully saturated rings. The number of anilines is 1. The second kappa shape index (κ2) is 6.61. The Morgan fingerprint density at radius 1 is 1.23 bits per heavy atom. The standard InChI is InChI=1S/C14H12F3N3OS/c1-9(12-6-3-7-21-12)19-20-13(22)18-11-5-2-4-10(8-11)14(15,16)17/h2-8H,1H3,(H2,18,20,22)/b19-9-. The maximum absolute atomic E-state index is 12.6. The van der Waals surface area contributed by atoms with Crippen LogP contribution >= 0.6 is 12.2 Å². The zero-order chi connectivity index (χ0) is 16.2. The van der Waals surface area contributed by atoms with Gasteiger partial charge in [-0.2, -0.15) is 18.3 Å². The molecule has 1 heterocycles. The van der Waals surface area contributed by atoms with Gasteiger partial charge in [0.1, 0.15) is 11.5 Å². The van der Waals surface area contributed by atoms with Gasteiger partial charge in [-0.15, -0.1) is 0 Å². The van der Waals surface area contributed by atoms with E-state index in [0.717, 1.165) is 12.1 Å². The van der Waals surface area contributed by atoms with Gasteiger partial charge in [-0.3, -0.25) is 5.43 Å². The van der Waals surface area contributed by atoms with Crippen LogP contribution in [0.15, 0.2) is 52.2 Å². The molecule has 4 nitrogen and oxygen atoms in total. The molecule has 0 radical (unpaired) electrons. The summed E-state index contributed by atoms with van der Waals surface area (Å²) in [6.07, 6.45) is -2.89. The Morgan fingerprint density at radius 3 is 2.64 bits per heavy atom. The summed E-state index contributed by atoms with van der Waals surface area (Å²) in [4.78, 5) is 0. The molecule has 2 N–H and O–H groups in total. The van der Waals surface area contributed by atoms with Crippen molar-refractivity contribution < 1.29 is 17.6 Å². The third-order valence-electron chi connectivity index (χ3n) is 2.65. The van der Waals surface area contributed by atoms with Crippen LogP contribution in [0.2, 0.25) is 0 Å². The summed E-state index contributed by atoms with van der Waals surface area (Å²) in [6, 6.07) is 8.17. The molecule has 0 aliphatic heterocycles. The van der Waals surface area contributed by atoms with Gasteiger partial charge in [-0.25, -0.2) is 0 Å². The Labute approximate surface area is 130 Å². The molecule has 116 valence electrons. The molecule has 22 heavy (non-hydrogen) atoms. The van der Waals surface area contributed by atoms with Gasteiger partial charge in [0.2, 0.25) is 0 Å². The van der Waals surface area contributed by atoms with Crippen LogP contribution in [0.3, 0.4) is 0 Å². The summed E-state index contributed by atoms with van der Waals surface area (Å²) in [5.41, 5.74) is 2.56. The SMILES string of the molecule is C/C(=N/NC(=S)Nc1cccc(C(F)(F)F)c1)c1ccco1. The first-order valence-corrected chi connectivity index (χ1v) is 6.59. The zero-order valence-corrected chi connectivity index (χ0v) is 12.3. The number of alkyl halides is 3. The highest BCUT2D eigenvalue weighted by Crippen LogP contribution is 2.30. The minimum absolute atomic E-state index is 0.0743. The van der Waals surface area contributed by atoms with E-state index in [-0.39, 0.29) is 10.8 Å². The molecular weight excluding hydrogens is 315 g/mol. The molecular formula is C14H12F3N3OS. The fraction of sp³-hybridized carbons (Fsp3) is 0.143. The molecule has 0 atom stereocenters. The summed E-state index contributed by atoms with van der Waals surface area (Å²) in [7, 11) is 0. The van der Waals surface area contributed by atoms with Gasteiger partial charge < -0.3 is 9.73 Å². The van der Waals surface area contributed by atoms with Gasteiger partial charge >= 0.3 is 6.18 Å². The molecule has 0 saturated heterocycles. The molecule has 0 bridgehead atoms. The predicted octanol–water partition coefficient (Wildman–Crippen LogP) is 4.01. The second-order valence-corrected chi connectivity index (χ2v) is 4.73. The van der Waals surface area contributed by atoms with Crippen molar-refractivity contribution in [1.29, 1.82) is 0 Å². The monoisotopic (exact) mass is 327 g/mol. The van der Waals surface area contributed by atoms with E-state index in [4.69, 9.17) is 16.6 Å². The third-order valence-corrected chi connectivity index (χ3v) is 2.84. The van der Waals surface area contributed by atoms with E-state index >= 15 is 0 Å². The second-order valence-electron chi connectivity index (χ2n) is 4.32. The molecule has 0 aliphatic rings. The van der Waals surface area contributed by atoms with E-state index in [1.54, 1.807) is 19.1 Å². The highest BCUT2D eigenvalue weighted by molar-refractivity contribution is 7.80. The van der Waals surface area contributed by atoms with Crippen molar-refractivity contribution in [2.45, 2.75) is 13.1 Å². The first-order valence-electron chi connectivity index (χ1n) is 6.18. The molecule has 1 aromatic carbocycles. The van der Waals surface area contributed by atoms with E-state index in [2.05, 4.69) is 15.8 Å². The van der Waals surface area contributed by atoms with Crippen LogP contribution in [-0.4, -0.2) is 10.8 Å². The largest absolute Gasteiger partial charge is 0.463 e. The number of hydrazone groups is 1. The molecule has 0 aliphatic carbocycles. The average Bonchev–Trinajstić information content (AvgIpc) is 2.98. The third kappa shape index (κ3) is 4.32. The van der Waals surface area contributed by atoms with Crippen molar-refractivity contribution in [1.82, 2.24) is 5.43 Å². The quantitative estimate of drug-likeness (QED) is 0.508. The normalized spacial score (nSPS) is 12.1. The maximum Gasteiger partial charge on any atom is 0.416 e. The number of nitrogens with zero attached hydrogens (tertiary/aromatic N) is 1. The summed E-state index contributed by atoms with van der Waals surface area (Å²) in [6.45, 7) is 1.71. The van der Waals surface area contributed by atoms with Crippen molar-refractivity contribution in [3.63, 3.8) is 0 Å². The highest BCUT2D eigenvalue weighted by atomic mass is 32.1. The van der Waals surface area contributed by atoms with E-state index in [0.29, 0.717) is 11.5 Å². The lowest BCUT2D eigenvalue weighted by Gasteiger charge is -2.11. The fourth-order valence-corrected chi connectivity index (χ4v) is 1.77. The van der Waals surface area contributed by atoms with E-state index in [1.165, 1.54) is 18.4 Å². The maximum atomic E-state index is 12.6. The fourth-order valence-electron chi connectivity index (χ4n) is 1.61. The van der Waals surface area contributed by atoms with Crippen LogP contribution in [-0.2, 0) is 6.18 Å². The molecule has 2 aromatic rings. The van der Waals surface area contributed by atoms with Crippen molar-refractivity contribution in [3.8, 4) is 0 Å². The topological polar surface area (TPSA) is 49.6 Å². The van der Waals surface area contributed by atoms with Gasteiger partial charge in [0.05, 0.1) is 11.8 Å². The van der Waals surface area contributed by atoms with E-state index < -0.39 is 11.7 Å². The molecule has 2 rings (SSSR count). The number of rotatable bonds is 3. The lowest BCUT2D eigenvalue weighted by atomic mass is 10.2. The van der Waals surface area contributed by atoms with Gasteiger partial charge in [0.25, 0.3) is 0 Å². The summed E-state index contributed by atoms with van der Waals surface area (Å²) < 4.78 is 43.0. The summed E-state index contributed by atoms with van der Waals surface area (Å²) >= 11 is 4.98.